The molecule has 10 unspecified atom stereocenters. The van der Waals surface area contributed by atoms with E-state index in [4.69, 9.17) is 0 Å². The third-order valence-electron chi connectivity index (χ3n) is 13.0. The lowest BCUT2D eigenvalue weighted by Crippen LogP contribution is -2.53. The highest BCUT2D eigenvalue weighted by molar-refractivity contribution is 5.09. The summed E-state index contributed by atoms with van der Waals surface area (Å²) in [5, 5.41) is 0. The average Bonchev–Trinajstić information content (AvgIpc) is 3.18. The van der Waals surface area contributed by atoms with E-state index in [2.05, 4.69) is 53.5 Å². The van der Waals surface area contributed by atoms with Gasteiger partial charge in [-0.3, -0.25) is 0 Å². The van der Waals surface area contributed by atoms with Crippen LogP contribution in [-0.2, 0) is 0 Å². The van der Waals surface area contributed by atoms with E-state index in [1.54, 1.807) is 44.9 Å². The Labute approximate surface area is 214 Å². The summed E-state index contributed by atoms with van der Waals surface area (Å²) >= 11 is 0. The van der Waals surface area contributed by atoms with E-state index in [0.29, 0.717) is 10.8 Å². The molecule has 4 fully saturated rings. The summed E-state index contributed by atoms with van der Waals surface area (Å²) < 4.78 is 0. The van der Waals surface area contributed by atoms with E-state index >= 15 is 0 Å². The molecule has 0 saturated heterocycles. The molecular formula is C33H61N. The van der Waals surface area contributed by atoms with Gasteiger partial charge in [0.1, 0.15) is 0 Å². The summed E-state index contributed by atoms with van der Waals surface area (Å²) in [5.74, 6) is 7.83. The lowest BCUT2D eigenvalue weighted by molar-refractivity contribution is -0.114. The van der Waals surface area contributed by atoms with E-state index in [1.165, 1.54) is 58.0 Å². The van der Waals surface area contributed by atoms with E-state index in [9.17, 15) is 0 Å². The van der Waals surface area contributed by atoms with Gasteiger partial charge < -0.3 is 4.90 Å². The monoisotopic (exact) mass is 471 g/mol. The zero-order valence-corrected chi connectivity index (χ0v) is 24.4. The second kappa shape index (κ2) is 11.1. The van der Waals surface area contributed by atoms with Gasteiger partial charge in [0.05, 0.1) is 0 Å². The van der Waals surface area contributed by atoms with Gasteiger partial charge >= 0.3 is 0 Å². The number of hydrogen-bond acceptors (Lipinski definition) is 1. The van der Waals surface area contributed by atoms with Crippen molar-refractivity contribution in [1.82, 2.24) is 4.90 Å². The van der Waals surface area contributed by atoms with Crippen LogP contribution < -0.4 is 0 Å². The SMILES string of the molecule is CCCC(CN(C)CCC(C)C1CCC2C3CCC4CCCCC4(C)C3CCC12C)C(C)CC. The van der Waals surface area contributed by atoms with Crippen LogP contribution in [0.3, 0.4) is 0 Å². The first-order valence-electron chi connectivity index (χ1n) is 15.9. The topological polar surface area (TPSA) is 3.24 Å². The molecule has 0 radical (unpaired) electrons. The maximum atomic E-state index is 2.77. The summed E-state index contributed by atoms with van der Waals surface area (Å²) in [6.07, 6.45) is 20.9. The minimum absolute atomic E-state index is 0.637. The molecule has 4 aliphatic rings. The fourth-order valence-electron chi connectivity index (χ4n) is 10.6. The van der Waals surface area contributed by atoms with Crippen LogP contribution in [0.1, 0.15) is 131 Å². The van der Waals surface area contributed by atoms with Crippen molar-refractivity contribution in [3.05, 3.63) is 0 Å². The maximum Gasteiger partial charge on any atom is 0.000915 e. The van der Waals surface area contributed by atoms with Crippen LogP contribution >= 0.6 is 0 Å². The molecule has 0 aliphatic heterocycles. The second-order valence-corrected chi connectivity index (χ2v) is 14.6. The van der Waals surface area contributed by atoms with Crippen LogP contribution in [0, 0.1) is 58.2 Å². The zero-order chi connectivity index (χ0) is 24.5. The highest BCUT2D eigenvalue weighted by Gasteiger charge is 2.60. The fraction of sp³-hybridized carbons (Fsp3) is 1.00. The van der Waals surface area contributed by atoms with E-state index in [0.717, 1.165) is 47.3 Å². The first-order valence-corrected chi connectivity index (χ1v) is 15.9. The summed E-state index contributed by atoms with van der Waals surface area (Å²) in [5.41, 5.74) is 1.33. The van der Waals surface area contributed by atoms with Crippen molar-refractivity contribution in [2.45, 2.75) is 131 Å². The van der Waals surface area contributed by atoms with Crippen molar-refractivity contribution < 1.29 is 0 Å². The van der Waals surface area contributed by atoms with Gasteiger partial charge in [-0.1, -0.05) is 67.2 Å². The van der Waals surface area contributed by atoms with E-state index in [-0.39, 0.29) is 0 Å². The van der Waals surface area contributed by atoms with Crippen LogP contribution in [0.4, 0.5) is 0 Å². The highest BCUT2D eigenvalue weighted by atomic mass is 15.1. The van der Waals surface area contributed by atoms with Gasteiger partial charge in [0.25, 0.3) is 0 Å². The van der Waals surface area contributed by atoms with Gasteiger partial charge in [0.15, 0.2) is 0 Å². The van der Waals surface area contributed by atoms with Gasteiger partial charge in [-0.25, -0.2) is 0 Å². The molecule has 0 amide bonds. The molecule has 0 aromatic rings. The third kappa shape index (κ3) is 5.04. The Balaban J connectivity index is 1.35. The molecule has 10 atom stereocenters. The first-order chi connectivity index (χ1) is 16.2. The van der Waals surface area contributed by atoms with E-state index in [1.807, 2.05) is 0 Å². The molecule has 1 nitrogen and oxygen atoms in total. The Hall–Kier alpha value is -0.0400. The normalized spacial score (nSPS) is 42.5. The largest absolute Gasteiger partial charge is 0.306 e. The molecule has 0 N–H and O–H groups in total. The smallest absolute Gasteiger partial charge is 0.000915 e. The second-order valence-electron chi connectivity index (χ2n) is 14.6. The molecule has 34 heavy (non-hydrogen) atoms. The Kier molecular flexibility index (Phi) is 8.85. The molecule has 0 spiro atoms. The summed E-state index contributed by atoms with van der Waals surface area (Å²) in [6.45, 7) is 18.0. The Morgan fingerprint density at radius 2 is 1.59 bits per heavy atom. The predicted molar refractivity (Wildman–Crippen MR) is 149 cm³/mol. The number of nitrogens with zero attached hydrogens (tertiary/aromatic N) is 1. The number of hydrogen-bond donors (Lipinski definition) is 0. The molecule has 1 heteroatoms. The summed E-state index contributed by atoms with van der Waals surface area (Å²) in [4.78, 5) is 2.69. The van der Waals surface area contributed by atoms with Gasteiger partial charge in [0, 0.05) is 6.54 Å². The van der Waals surface area contributed by atoms with Crippen LogP contribution in [-0.4, -0.2) is 25.0 Å². The molecule has 0 heterocycles. The number of rotatable bonds is 10. The summed E-state index contributed by atoms with van der Waals surface area (Å²) in [7, 11) is 2.41. The minimum Gasteiger partial charge on any atom is -0.306 e. The molecular weight excluding hydrogens is 410 g/mol. The van der Waals surface area contributed by atoms with Crippen molar-refractivity contribution in [2.75, 3.05) is 20.1 Å². The summed E-state index contributed by atoms with van der Waals surface area (Å²) in [6, 6.07) is 0. The van der Waals surface area contributed by atoms with Crippen LogP contribution in [0.15, 0.2) is 0 Å². The Morgan fingerprint density at radius 3 is 2.32 bits per heavy atom. The first kappa shape index (κ1) is 27.0. The Bertz CT molecular complexity index is 642. The molecule has 4 saturated carbocycles. The van der Waals surface area contributed by atoms with Crippen molar-refractivity contribution in [3.63, 3.8) is 0 Å². The van der Waals surface area contributed by atoms with Crippen LogP contribution in [0.2, 0.25) is 0 Å². The van der Waals surface area contributed by atoms with Crippen molar-refractivity contribution in [1.29, 1.82) is 0 Å². The minimum atomic E-state index is 0.637. The average molecular weight is 472 g/mol. The molecule has 4 aliphatic carbocycles. The van der Waals surface area contributed by atoms with Gasteiger partial charge in [-0.2, -0.15) is 0 Å². The fourth-order valence-corrected chi connectivity index (χ4v) is 10.6. The number of fused-ring (bicyclic) bond motifs is 5. The zero-order valence-electron chi connectivity index (χ0n) is 24.4. The molecule has 4 rings (SSSR count). The lowest BCUT2D eigenvalue weighted by atomic mass is 9.44. The molecule has 0 aromatic heterocycles. The van der Waals surface area contributed by atoms with E-state index < -0.39 is 0 Å². The van der Waals surface area contributed by atoms with Gasteiger partial charge in [0.2, 0.25) is 0 Å². The molecule has 198 valence electrons. The molecule has 0 aromatic carbocycles. The molecule has 0 bridgehead atoms. The van der Waals surface area contributed by atoms with Crippen molar-refractivity contribution in [3.8, 4) is 0 Å². The van der Waals surface area contributed by atoms with Gasteiger partial charge in [-0.15, -0.1) is 0 Å². The quantitative estimate of drug-likeness (QED) is 0.306. The van der Waals surface area contributed by atoms with Crippen molar-refractivity contribution >= 4 is 0 Å². The van der Waals surface area contributed by atoms with Crippen LogP contribution in [0.5, 0.6) is 0 Å². The lowest BCUT2D eigenvalue weighted by Gasteiger charge is -2.61. The van der Waals surface area contributed by atoms with Gasteiger partial charge in [-0.05, 0) is 136 Å². The Morgan fingerprint density at radius 1 is 0.824 bits per heavy atom. The predicted octanol–water partition coefficient (Wildman–Crippen LogP) is 9.46. The van der Waals surface area contributed by atoms with Crippen molar-refractivity contribution in [2.24, 2.45) is 58.2 Å². The third-order valence-corrected chi connectivity index (χ3v) is 13.0. The van der Waals surface area contributed by atoms with Crippen LogP contribution in [0.25, 0.3) is 0 Å². The highest BCUT2D eigenvalue weighted by Crippen LogP contribution is 2.68. The standard InChI is InChI=1S/C33H61N/c1-8-12-26(24(3)9-2)23-34(7)22-19-25(4)29-16-17-30-28-15-14-27-13-10-11-20-32(27,5)31(28)18-21-33(29,30)6/h24-31H,8-23H2,1-7H3. The maximum absolute atomic E-state index is 2.77.